The zero-order valence-electron chi connectivity index (χ0n) is 11.2. The van der Waals surface area contributed by atoms with Crippen LogP contribution in [0.3, 0.4) is 0 Å². The van der Waals surface area contributed by atoms with Gasteiger partial charge >= 0.3 is 5.97 Å². The Morgan fingerprint density at radius 1 is 1.35 bits per heavy atom. The fourth-order valence-corrected chi connectivity index (χ4v) is 2.22. The Kier molecular flexibility index (Phi) is 2.85. The van der Waals surface area contributed by atoms with Crippen molar-refractivity contribution >= 4 is 11.8 Å². The minimum absolute atomic E-state index is 0.0304. The van der Waals surface area contributed by atoms with Gasteiger partial charge in [0.1, 0.15) is 11.6 Å². The van der Waals surface area contributed by atoms with Gasteiger partial charge in [-0.1, -0.05) is 5.21 Å². The molecule has 1 aliphatic rings. The minimum Gasteiger partial charge on any atom is -0.476 e. The van der Waals surface area contributed by atoms with E-state index in [4.69, 9.17) is 5.11 Å². The second-order valence-corrected chi connectivity index (χ2v) is 4.86. The van der Waals surface area contributed by atoms with Gasteiger partial charge in [-0.2, -0.15) is 0 Å². The molecular weight excluding hydrogens is 260 g/mol. The molecule has 0 spiro atoms. The van der Waals surface area contributed by atoms with Crippen molar-refractivity contribution in [1.29, 1.82) is 0 Å². The maximum Gasteiger partial charge on any atom is 0.358 e. The maximum absolute atomic E-state index is 10.8. The van der Waals surface area contributed by atoms with Crippen molar-refractivity contribution in [3.05, 3.63) is 29.5 Å². The topological polar surface area (TPSA) is 97.0 Å². The van der Waals surface area contributed by atoms with Crippen molar-refractivity contribution in [2.45, 2.75) is 19.9 Å². The van der Waals surface area contributed by atoms with E-state index >= 15 is 0 Å². The van der Waals surface area contributed by atoms with E-state index in [0.29, 0.717) is 0 Å². The Balaban J connectivity index is 1.70. The van der Waals surface area contributed by atoms with Crippen LogP contribution in [-0.4, -0.2) is 49.1 Å². The van der Waals surface area contributed by atoms with Crippen LogP contribution in [-0.2, 0) is 0 Å². The van der Waals surface area contributed by atoms with Gasteiger partial charge in [0.05, 0.1) is 12.2 Å². The smallest absolute Gasteiger partial charge is 0.358 e. The van der Waals surface area contributed by atoms with Gasteiger partial charge in [0, 0.05) is 24.8 Å². The first-order valence-electron chi connectivity index (χ1n) is 6.25. The molecule has 2 aromatic rings. The highest BCUT2D eigenvalue weighted by Gasteiger charge is 2.31. The summed E-state index contributed by atoms with van der Waals surface area (Å²) in [5.74, 6) is 0.580. The summed E-state index contributed by atoms with van der Waals surface area (Å²) in [7, 11) is 0. The van der Waals surface area contributed by atoms with Crippen LogP contribution in [0.5, 0.6) is 0 Å². The lowest BCUT2D eigenvalue weighted by atomic mass is 10.1. The van der Waals surface area contributed by atoms with Crippen molar-refractivity contribution in [3.8, 4) is 0 Å². The molecular formula is C12H14N6O2. The summed E-state index contributed by atoms with van der Waals surface area (Å²) < 4.78 is 1.60. The molecule has 1 N–H and O–H groups in total. The number of nitrogens with zero attached hydrogens (tertiary/aromatic N) is 6. The van der Waals surface area contributed by atoms with E-state index in [1.807, 2.05) is 19.9 Å². The highest BCUT2D eigenvalue weighted by molar-refractivity contribution is 5.84. The van der Waals surface area contributed by atoms with E-state index in [-0.39, 0.29) is 11.7 Å². The van der Waals surface area contributed by atoms with Gasteiger partial charge in [0.25, 0.3) is 0 Å². The minimum atomic E-state index is -1.06. The summed E-state index contributed by atoms with van der Waals surface area (Å²) in [6.07, 6.45) is 1.46. The van der Waals surface area contributed by atoms with E-state index < -0.39 is 5.97 Å². The maximum atomic E-state index is 10.8. The third kappa shape index (κ3) is 2.20. The second-order valence-electron chi connectivity index (χ2n) is 4.86. The monoisotopic (exact) mass is 274 g/mol. The van der Waals surface area contributed by atoms with E-state index in [9.17, 15) is 4.79 Å². The van der Waals surface area contributed by atoms with Gasteiger partial charge in [-0.25, -0.2) is 19.4 Å². The van der Waals surface area contributed by atoms with Crippen LogP contribution in [0.2, 0.25) is 0 Å². The third-order valence-electron chi connectivity index (χ3n) is 3.24. The fraction of sp³-hybridized carbons (Fsp3) is 0.417. The molecule has 0 amide bonds. The number of hydrogen-bond acceptors (Lipinski definition) is 6. The molecule has 104 valence electrons. The lowest BCUT2D eigenvalue weighted by molar-refractivity contribution is 0.0690. The third-order valence-corrected chi connectivity index (χ3v) is 3.24. The molecule has 0 saturated carbocycles. The van der Waals surface area contributed by atoms with Crippen LogP contribution in [0.1, 0.15) is 28.0 Å². The van der Waals surface area contributed by atoms with Crippen molar-refractivity contribution < 1.29 is 9.90 Å². The number of rotatable bonds is 3. The molecule has 2 aromatic heterocycles. The second kappa shape index (κ2) is 4.55. The SMILES string of the molecule is Cc1cc(N2CC(n3cc(C(=O)O)nn3)C2)nc(C)n1. The molecule has 1 aliphatic heterocycles. The Labute approximate surface area is 115 Å². The standard InChI is InChI=1S/C12H14N6O2/c1-7-3-11(14-8(2)13-7)17-4-9(5-17)18-6-10(12(19)20)15-16-18/h3,6,9H,4-5H2,1-2H3,(H,19,20). The molecule has 20 heavy (non-hydrogen) atoms. The first-order chi connectivity index (χ1) is 9.52. The zero-order valence-corrected chi connectivity index (χ0v) is 11.2. The highest BCUT2D eigenvalue weighted by atomic mass is 16.4. The number of aryl methyl sites for hydroxylation is 2. The Morgan fingerprint density at radius 2 is 2.10 bits per heavy atom. The Bertz CT molecular complexity index is 641. The van der Waals surface area contributed by atoms with Gasteiger partial charge in [0.15, 0.2) is 5.69 Å². The fourth-order valence-electron chi connectivity index (χ4n) is 2.22. The van der Waals surface area contributed by atoms with Crippen molar-refractivity contribution in [1.82, 2.24) is 25.0 Å². The molecule has 8 nitrogen and oxygen atoms in total. The normalized spacial score (nSPS) is 15.2. The summed E-state index contributed by atoms with van der Waals surface area (Å²) in [6.45, 7) is 5.27. The van der Waals surface area contributed by atoms with Crippen molar-refractivity contribution in [2.75, 3.05) is 18.0 Å². The average Bonchev–Trinajstić information content (AvgIpc) is 2.75. The van der Waals surface area contributed by atoms with Gasteiger partial charge in [0.2, 0.25) is 0 Å². The number of carboxylic acid groups (broad SMARTS) is 1. The predicted octanol–water partition coefficient (Wildman–Crippen LogP) is 0.444. The van der Waals surface area contributed by atoms with Gasteiger partial charge in [-0.05, 0) is 13.8 Å². The lowest BCUT2D eigenvalue weighted by Crippen LogP contribution is -2.48. The molecule has 1 saturated heterocycles. The summed E-state index contributed by atoms with van der Waals surface area (Å²) >= 11 is 0. The molecule has 0 aromatic carbocycles. The van der Waals surface area contributed by atoms with Crippen LogP contribution in [0, 0.1) is 13.8 Å². The largest absolute Gasteiger partial charge is 0.476 e. The first-order valence-corrected chi connectivity index (χ1v) is 6.25. The number of hydrogen-bond donors (Lipinski definition) is 1. The van der Waals surface area contributed by atoms with Crippen LogP contribution in [0.25, 0.3) is 0 Å². The Hall–Kier alpha value is -2.51. The molecule has 0 aliphatic carbocycles. The van der Waals surface area contributed by atoms with E-state index in [2.05, 4.69) is 25.2 Å². The van der Waals surface area contributed by atoms with Crippen molar-refractivity contribution in [3.63, 3.8) is 0 Å². The highest BCUT2D eigenvalue weighted by Crippen LogP contribution is 2.26. The number of aromatic carboxylic acids is 1. The molecule has 1 fully saturated rings. The lowest BCUT2D eigenvalue weighted by Gasteiger charge is -2.39. The van der Waals surface area contributed by atoms with E-state index in [1.165, 1.54) is 6.20 Å². The number of aromatic nitrogens is 5. The zero-order chi connectivity index (χ0) is 14.3. The molecule has 0 bridgehead atoms. The van der Waals surface area contributed by atoms with Crippen LogP contribution < -0.4 is 4.90 Å². The van der Waals surface area contributed by atoms with Gasteiger partial charge in [-0.3, -0.25) is 0 Å². The summed E-state index contributed by atoms with van der Waals surface area (Å²) in [5.41, 5.74) is 0.905. The molecule has 8 heteroatoms. The van der Waals surface area contributed by atoms with Crippen molar-refractivity contribution in [2.24, 2.45) is 0 Å². The molecule has 3 heterocycles. The average molecular weight is 274 g/mol. The summed E-state index contributed by atoms with van der Waals surface area (Å²) in [4.78, 5) is 21.5. The number of anilines is 1. The van der Waals surface area contributed by atoms with Gasteiger partial charge in [-0.15, -0.1) is 5.10 Å². The van der Waals surface area contributed by atoms with Crippen LogP contribution >= 0.6 is 0 Å². The number of carboxylic acids is 1. The van der Waals surface area contributed by atoms with Crippen LogP contribution in [0.15, 0.2) is 12.3 Å². The first kappa shape index (κ1) is 12.5. The molecule has 3 rings (SSSR count). The Morgan fingerprint density at radius 3 is 2.70 bits per heavy atom. The molecule has 0 atom stereocenters. The van der Waals surface area contributed by atoms with Gasteiger partial charge < -0.3 is 10.0 Å². The predicted molar refractivity (Wildman–Crippen MR) is 69.7 cm³/mol. The quantitative estimate of drug-likeness (QED) is 0.867. The molecule has 0 radical (unpaired) electrons. The van der Waals surface area contributed by atoms with E-state index in [0.717, 1.165) is 30.4 Å². The summed E-state index contributed by atoms with van der Waals surface area (Å²) in [5, 5.41) is 16.3. The summed E-state index contributed by atoms with van der Waals surface area (Å²) in [6, 6.07) is 2.07. The van der Waals surface area contributed by atoms with E-state index in [1.54, 1.807) is 4.68 Å². The van der Waals surface area contributed by atoms with Crippen LogP contribution in [0.4, 0.5) is 5.82 Å². The molecule has 0 unspecified atom stereocenters. The number of carbonyl (C=O) groups is 1.